The fourth-order valence-corrected chi connectivity index (χ4v) is 1.97. The first-order valence-corrected chi connectivity index (χ1v) is 5.49. The van der Waals surface area contributed by atoms with Crippen LogP contribution in [0, 0.1) is 0 Å². The van der Waals surface area contributed by atoms with Crippen LogP contribution in [-0.4, -0.2) is 23.9 Å². The van der Waals surface area contributed by atoms with Crippen molar-refractivity contribution in [2.75, 3.05) is 13.1 Å². The lowest BCUT2D eigenvalue weighted by Crippen LogP contribution is -2.31. The minimum Gasteiger partial charge on any atom is -0.351 e. The third-order valence-electron chi connectivity index (χ3n) is 2.82. The summed E-state index contributed by atoms with van der Waals surface area (Å²) in [5.41, 5.74) is 2.80. The van der Waals surface area contributed by atoms with Crippen LogP contribution in [0.25, 0.3) is 0 Å². The van der Waals surface area contributed by atoms with Crippen LogP contribution in [0.5, 0.6) is 0 Å². The monoisotopic (exact) mass is 216 g/mol. The summed E-state index contributed by atoms with van der Waals surface area (Å²) in [7, 11) is 0. The predicted octanol–water partition coefficient (Wildman–Crippen LogP) is 1.30. The zero-order valence-corrected chi connectivity index (χ0v) is 9.28. The minimum atomic E-state index is -0.100. The molecule has 1 heterocycles. The first-order valence-electron chi connectivity index (χ1n) is 5.49. The van der Waals surface area contributed by atoms with E-state index >= 15 is 0 Å². The van der Waals surface area contributed by atoms with Crippen molar-refractivity contribution in [1.82, 2.24) is 10.2 Å². The Bertz CT molecular complexity index is 376. The van der Waals surface area contributed by atoms with E-state index in [0.29, 0.717) is 6.54 Å². The molecule has 0 radical (unpaired) electrons. The summed E-state index contributed by atoms with van der Waals surface area (Å²) < 4.78 is 0. The molecule has 16 heavy (non-hydrogen) atoms. The molecular formula is C13H16N2O. The maximum Gasteiger partial charge on any atom is 0.243 e. The number of hydrogen-bond acceptors (Lipinski definition) is 2. The first kappa shape index (κ1) is 10.9. The van der Waals surface area contributed by atoms with Gasteiger partial charge in [-0.15, -0.1) is 0 Å². The zero-order valence-electron chi connectivity index (χ0n) is 9.28. The molecule has 0 unspecified atom stereocenters. The van der Waals surface area contributed by atoms with Crippen molar-refractivity contribution >= 4 is 5.91 Å². The number of carbonyl (C=O) groups is 1. The fourth-order valence-electron chi connectivity index (χ4n) is 1.97. The third kappa shape index (κ3) is 2.49. The molecule has 0 saturated heterocycles. The average molecular weight is 216 g/mol. The van der Waals surface area contributed by atoms with Gasteiger partial charge in [0.1, 0.15) is 0 Å². The van der Waals surface area contributed by atoms with E-state index in [-0.39, 0.29) is 5.91 Å². The Morgan fingerprint density at radius 3 is 2.56 bits per heavy atom. The molecule has 84 valence electrons. The summed E-state index contributed by atoms with van der Waals surface area (Å²) in [4.78, 5) is 13.3. The first-order chi connectivity index (χ1) is 7.79. The second-order valence-corrected chi connectivity index (χ2v) is 3.97. The van der Waals surface area contributed by atoms with E-state index in [0.717, 1.165) is 19.6 Å². The molecular weight excluding hydrogens is 200 g/mol. The smallest absolute Gasteiger partial charge is 0.243 e. The zero-order chi connectivity index (χ0) is 11.4. The van der Waals surface area contributed by atoms with Crippen molar-refractivity contribution in [1.29, 1.82) is 0 Å². The van der Waals surface area contributed by atoms with Crippen molar-refractivity contribution in [3.63, 3.8) is 0 Å². The van der Waals surface area contributed by atoms with Gasteiger partial charge in [0, 0.05) is 26.2 Å². The van der Waals surface area contributed by atoms with Gasteiger partial charge < -0.3 is 5.32 Å². The number of nitrogens with zero attached hydrogens (tertiary/aromatic N) is 1. The molecule has 1 aromatic carbocycles. The van der Waals surface area contributed by atoms with E-state index in [1.807, 2.05) is 0 Å². The van der Waals surface area contributed by atoms with E-state index < -0.39 is 0 Å². The highest BCUT2D eigenvalue weighted by Gasteiger charge is 2.17. The number of nitrogens with one attached hydrogen (secondary N) is 1. The van der Waals surface area contributed by atoms with Gasteiger partial charge in [0.2, 0.25) is 5.91 Å². The third-order valence-corrected chi connectivity index (χ3v) is 2.82. The second-order valence-electron chi connectivity index (χ2n) is 3.97. The Morgan fingerprint density at radius 2 is 2.00 bits per heavy atom. The average Bonchev–Trinajstić information content (AvgIpc) is 2.71. The molecule has 0 saturated carbocycles. The molecule has 0 fully saturated rings. The number of rotatable bonds is 4. The highest BCUT2D eigenvalue weighted by Crippen LogP contribution is 2.21. The Hall–Kier alpha value is -1.61. The summed E-state index contributed by atoms with van der Waals surface area (Å²) in [5, 5.41) is 2.79. The van der Waals surface area contributed by atoms with Gasteiger partial charge >= 0.3 is 0 Å². The van der Waals surface area contributed by atoms with Crippen LogP contribution >= 0.6 is 0 Å². The molecule has 0 bridgehead atoms. The van der Waals surface area contributed by atoms with E-state index in [1.54, 1.807) is 0 Å². The lowest BCUT2D eigenvalue weighted by Gasteiger charge is -2.14. The SMILES string of the molecule is C=CC(=O)NCCN1Cc2ccccc2C1. The van der Waals surface area contributed by atoms with Gasteiger partial charge in [0.25, 0.3) is 0 Å². The van der Waals surface area contributed by atoms with Gasteiger partial charge in [-0.3, -0.25) is 9.69 Å². The van der Waals surface area contributed by atoms with Gasteiger partial charge in [0.15, 0.2) is 0 Å². The van der Waals surface area contributed by atoms with Crippen molar-refractivity contribution in [3.8, 4) is 0 Å². The van der Waals surface area contributed by atoms with Crippen molar-refractivity contribution in [3.05, 3.63) is 48.0 Å². The minimum absolute atomic E-state index is 0.100. The molecule has 1 aromatic rings. The van der Waals surface area contributed by atoms with Crippen LogP contribution in [0.15, 0.2) is 36.9 Å². The molecule has 0 spiro atoms. The van der Waals surface area contributed by atoms with Crippen molar-refractivity contribution in [2.24, 2.45) is 0 Å². The summed E-state index contributed by atoms with van der Waals surface area (Å²) in [6.07, 6.45) is 1.30. The molecule has 2 rings (SSSR count). The van der Waals surface area contributed by atoms with Gasteiger partial charge in [-0.25, -0.2) is 0 Å². The summed E-state index contributed by atoms with van der Waals surface area (Å²) in [5.74, 6) is -0.100. The predicted molar refractivity (Wildman–Crippen MR) is 63.8 cm³/mol. The summed E-state index contributed by atoms with van der Waals surface area (Å²) >= 11 is 0. The summed E-state index contributed by atoms with van der Waals surface area (Å²) in [6, 6.07) is 8.47. The quantitative estimate of drug-likeness (QED) is 0.769. The number of carbonyl (C=O) groups excluding carboxylic acids is 1. The van der Waals surface area contributed by atoms with E-state index in [9.17, 15) is 4.79 Å². The maximum absolute atomic E-state index is 11.0. The molecule has 1 N–H and O–H groups in total. The van der Waals surface area contributed by atoms with Crippen LogP contribution in [0.4, 0.5) is 0 Å². The number of amides is 1. The van der Waals surface area contributed by atoms with E-state index in [2.05, 4.69) is 41.1 Å². The molecule has 0 aromatic heterocycles. The Kier molecular flexibility index (Phi) is 3.37. The van der Waals surface area contributed by atoms with Crippen LogP contribution in [0.3, 0.4) is 0 Å². The van der Waals surface area contributed by atoms with Gasteiger partial charge in [-0.1, -0.05) is 30.8 Å². The normalized spacial score (nSPS) is 14.5. The largest absolute Gasteiger partial charge is 0.351 e. The Labute approximate surface area is 95.8 Å². The summed E-state index contributed by atoms with van der Waals surface area (Å²) in [6.45, 7) is 6.95. The number of fused-ring (bicyclic) bond motifs is 1. The van der Waals surface area contributed by atoms with Crippen LogP contribution in [0.2, 0.25) is 0 Å². The molecule has 1 amide bonds. The molecule has 1 aliphatic heterocycles. The Balaban J connectivity index is 1.79. The molecule has 3 heteroatoms. The Morgan fingerprint density at radius 1 is 1.38 bits per heavy atom. The standard InChI is InChI=1S/C13H16N2O/c1-2-13(16)14-7-8-15-9-11-5-3-4-6-12(11)10-15/h2-6H,1,7-10H2,(H,14,16). The highest BCUT2D eigenvalue weighted by atomic mass is 16.1. The lowest BCUT2D eigenvalue weighted by molar-refractivity contribution is -0.116. The van der Waals surface area contributed by atoms with Crippen LogP contribution < -0.4 is 5.32 Å². The molecule has 0 aliphatic carbocycles. The van der Waals surface area contributed by atoms with Gasteiger partial charge in [-0.05, 0) is 17.2 Å². The highest BCUT2D eigenvalue weighted by molar-refractivity contribution is 5.86. The molecule has 0 atom stereocenters. The number of benzene rings is 1. The van der Waals surface area contributed by atoms with Crippen LogP contribution in [0.1, 0.15) is 11.1 Å². The fraction of sp³-hybridized carbons (Fsp3) is 0.308. The van der Waals surface area contributed by atoms with Gasteiger partial charge in [0.05, 0.1) is 0 Å². The van der Waals surface area contributed by atoms with Gasteiger partial charge in [-0.2, -0.15) is 0 Å². The van der Waals surface area contributed by atoms with E-state index in [1.165, 1.54) is 17.2 Å². The van der Waals surface area contributed by atoms with E-state index in [4.69, 9.17) is 0 Å². The van der Waals surface area contributed by atoms with Crippen molar-refractivity contribution in [2.45, 2.75) is 13.1 Å². The maximum atomic E-state index is 11.0. The second kappa shape index (κ2) is 4.94. The topological polar surface area (TPSA) is 32.3 Å². The number of hydrogen-bond donors (Lipinski definition) is 1. The van der Waals surface area contributed by atoms with Crippen LogP contribution in [-0.2, 0) is 17.9 Å². The molecule has 1 aliphatic rings. The molecule has 3 nitrogen and oxygen atoms in total. The lowest BCUT2D eigenvalue weighted by atomic mass is 10.1. The van der Waals surface area contributed by atoms with Crippen molar-refractivity contribution < 1.29 is 4.79 Å².